The van der Waals surface area contributed by atoms with Crippen LogP contribution in [0.15, 0.2) is 24.3 Å². The average Bonchev–Trinajstić information content (AvgIpc) is 2.86. The fraction of sp³-hybridized carbons (Fsp3) is 0.467. The summed E-state index contributed by atoms with van der Waals surface area (Å²) in [4.78, 5) is 29.4. The maximum absolute atomic E-state index is 12.1. The maximum atomic E-state index is 12.1. The van der Waals surface area contributed by atoms with E-state index in [-0.39, 0.29) is 31.6 Å². The number of nitrogens with one attached hydrogen (secondary N) is 1. The van der Waals surface area contributed by atoms with Gasteiger partial charge in [-0.1, -0.05) is 11.6 Å². The number of benzene rings is 1. The second kappa shape index (κ2) is 7.58. The minimum absolute atomic E-state index is 0.0661. The third-order valence-electron chi connectivity index (χ3n) is 3.44. The third-order valence-corrected chi connectivity index (χ3v) is 3.69. The van der Waals surface area contributed by atoms with E-state index in [1.165, 1.54) is 0 Å². The van der Waals surface area contributed by atoms with Gasteiger partial charge in [0.25, 0.3) is 0 Å². The lowest BCUT2D eigenvalue weighted by molar-refractivity contribution is -0.130. The average molecular weight is 325 g/mol. The van der Waals surface area contributed by atoms with E-state index in [0.29, 0.717) is 5.02 Å². The van der Waals surface area contributed by atoms with Gasteiger partial charge in [0.15, 0.2) is 0 Å². The predicted molar refractivity (Wildman–Crippen MR) is 86.9 cm³/mol. The van der Waals surface area contributed by atoms with E-state index < -0.39 is 0 Å². The molecule has 1 aromatic rings. The summed E-state index contributed by atoms with van der Waals surface area (Å²) in [6.45, 7) is 2.26. The fourth-order valence-corrected chi connectivity index (χ4v) is 2.30. The topological polar surface area (TPSA) is 55.9 Å². The van der Waals surface area contributed by atoms with E-state index in [2.05, 4.69) is 5.32 Å². The zero-order chi connectivity index (χ0) is 16.1. The molecule has 6 nitrogen and oxygen atoms in total. The lowest BCUT2D eigenvalue weighted by Crippen LogP contribution is -2.39. The first-order valence-electron chi connectivity index (χ1n) is 7.16. The van der Waals surface area contributed by atoms with Crippen LogP contribution in [0.1, 0.15) is 0 Å². The van der Waals surface area contributed by atoms with Gasteiger partial charge in [0.1, 0.15) is 13.2 Å². The number of hydrogen-bond acceptors (Lipinski definition) is 4. The van der Waals surface area contributed by atoms with Crippen LogP contribution in [0.3, 0.4) is 0 Å². The molecule has 1 fully saturated rings. The molecule has 0 aliphatic carbocycles. The van der Waals surface area contributed by atoms with Crippen LogP contribution in [-0.2, 0) is 9.59 Å². The lowest BCUT2D eigenvalue weighted by atomic mass is 10.3. The summed E-state index contributed by atoms with van der Waals surface area (Å²) >= 11 is 5.85. The monoisotopic (exact) mass is 324 g/mol. The van der Waals surface area contributed by atoms with Crippen molar-refractivity contribution < 1.29 is 9.59 Å². The Morgan fingerprint density at radius 2 is 2.00 bits per heavy atom. The van der Waals surface area contributed by atoms with Gasteiger partial charge in [-0.05, 0) is 38.4 Å². The highest BCUT2D eigenvalue weighted by atomic mass is 35.5. The van der Waals surface area contributed by atoms with E-state index in [4.69, 9.17) is 11.6 Å². The molecule has 0 saturated carbocycles. The van der Waals surface area contributed by atoms with Gasteiger partial charge in [0.2, 0.25) is 11.8 Å². The number of anilines is 1. The van der Waals surface area contributed by atoms with E-state index in [1.54, 1.807) is 34.1 Å². The van der Waals surface area contributed by atoms with Gasteiger partial charge in [-0.2, -0.15) is 0 Å². The summed E-state index contributed by atoms with van der Waals surface area (Å²) in [5, 5.41) is 3.71. The first-order chi connectivity index (χ1) is 10.5. The van der Waals surface area contributed by atoms with Crippen LogP contribution in [0.2, 0.25) is 5.02 Å². The van der Waals surface area contributed by atoms with Crippen molar-refractivity contribution in [3.63, 3.8) is 0 Å². The Hall–Kier alpha value is -1.63. The van der Waals surface area contributed by atoms with E-state index >= 15 is 0 Å². The molecule has 2 rings (SSSR count). The molecule has 2 amide bonds. The van der Waals surface area contributed by atoms with Crippen LogP contribution >= 0.6 is 11.6 Å². The van der Waals surface area contributed by atoms with Crippen molar-refractivity contribution in [1.82, 2.24) is 15.1 Å². The van der Waals surface area contributed by atoms with Crippen molar-refractivity contribution >= 4 is 29.1 Å². The van der Waals surface area contributed by atoms with Gasteiger partial charge in [0.05, 0.1) is 6.54 Å². The molecule has 7 heteroatoms. The van der Waals surface area contributed by atoms with E-state index in [9.17, 15) is 9.59 Å². The number of halogens is 1. The minimum atomic E-state index is -0.0797. The molecule has 1 N–H and O–H groups in total. The Morgan fingerprint density at radius 1 is 1.32 bits per heavy atom. The molecule has 1 heterocycles. The lowest BCUT2D eigenvalue weighted by Gasteiger charge is -2.18. The number of amides is 2. The fourth-order valence-electron chi connectivity index (χ4n) is 2.17. The van der Waals surface area contributed by atoms with Gasteiger partial charge in [-0.25, -0.2) is 0 Å². The van der Waals surface area contributed by atoms with E-state index in [1.807, 2.05) is 19.0 Å². The highest BCUT2D eigenvalue weighted by Gasteiger charge is 2.31. The summed E-state index contributed by atoms with van der Waals surface area (Å²) in [5.74, 6) is -0.146. The smallest absolute Gasteiger partial charge is 0.248 e. The van der Waals surface area contributed by atoms with Crippen molar-refractivity contribution in [1.29, 1.82) is 0 Å². The zero-order valence-corrected chi connectivity index (χ0v) is 13.6. The van der Waals surface area contributed by atoms with Crippen LogP contribution < -0.4 is 10.2 Å². The molecule has 1 saturated heterocycles. The number of hydrogen-bond donors (Lipinski definition) is 1. The van der Waals surface area contributed by atoms with Crippen LogP contribution in [-0.4, -0.2) is 68.6 Å². The van der Waals surface area contributed by atoms with Gasteiger partial charge in [-0.15, -0.1) is 0 Å². The molecule has 1 aromatic carbocycles. The molecule has 22 heavy (non-hydrogen) atoms. The number of likely N-dealkylation sites (N-methyl/N-ethyl adjacent to an activating group) is 1. The molecular weight excluding hydrogens is 304 g/mol. The van der Waals surface area contributed by atoms with Crippen LogP contribution in [0, 0.1) is 0 Å². The predicted octanol–water partition coefficient (Wildman–Crippen LogP) is 0.624. The first kappa shape index (κ1) is 16.7. The molecule has 0 unspecified atom stereocenters. The Morgan fingerprint density at radius 3 is 2.64 bits per heavy atom. The van der Waals surface area contributed by atoms with Crippen molar-refractivity contribution in [2.24, 2.45) is 0 Å². The molecule has 0 aromatic heterocycles. The van der Waals surface area contributed by atoms with Crippen molar-refractivity contribution in [2.45, 2.75) is 0 Å². The number of carbonyl (C=O) groups excluding carboxylic acids is 2. The Labute approximate surface area is 135 Å². The van der Waals surface area contributed by atoms with Gasteiger partial charge >= 0.3 is 0 Å². The second-order valence-electron chi connectivity index (χ2n) is 5.51. The van der Waals surface area contributed by atoms with Crippen molar-refractivity contribution in [2.75, 3.05) is 51.8 Å². The molecule has 0 atom stereocenters. The summed E-state index contributed by atoms with van der Waals surface area (Å²) in [5.41, 5.74) is 0.755. The van der Waals surface area contributed by atoms with Crippen LogP contribution in [0.5, 0.6) is 0 Å². The molecule has 0 bridgehead atoms. The number of nitrogens with zero attached hydrogens (tertiary/aromatic N) is 3. The minimum Gasteiger partial charge on any atom is -0.314 e. The standard InChI is InChI=1S/C15H21ClN4O2/c1-18(2)8-7-17-9-14(21)19-10-15(22)20(11-19)13-5-3-12(16)4-6-13/h3-6,17H,7-11H2,1-2H3. The van der Waals surface area contributed by atoms with Gasteiger partial charge in [-0.3, -0.25) is 14.5 Å². The molecular formula is C15H21ClN4O2. The third kappa shape index (κ3) is 4.43. The second-order valence-corrected chi connectivity index (χ2v) is 5.95. The Kier molecular flexibility index (Phi) is 5.76. The van der Waals surface area contributed by atoms with Crippen LogP contribution in [0.25, 0.3) is 0 Å². The largest absolute Gasteiger partial charge is 0.314 e. The quantitative estimate of drug-likeness (QED) is 0.780. The number of rotatable bonds is 6. The Bertz CT molecular complexity index is 533. The normalized spacial score (nSPS) is 15.0. The van der Waals surface area contributed by atoms with E-state index in [0.717, 1.165) is 18.8 Å². The highest BCUT2D eigenvalue weighted by Crippen LogP contribution is 2.21. The molecule has 1 aliphatic heterocycles. The molecule has 0 spiro atoms. The molecule has 120 valence electrons. The summed E-state index contributed by atoms with van der Waals surface area (Å²) < 4.78 is 0. The summed E-state index contributed by atoms with van der Waals surface area (Å²) in [6.07, 6.45) is 0. The Balaban J connectivity index is 1.86. The van der Waals surface area contributed by atoms with Crippen LogP contribution in [0.4, 0.5) is 5.69 Å². The van der Waals surface area contributed by atoms with Gasteiger partial charge in [0, 0.05) is 23.8 Å². The summed E-state index contributed by atoms with van der Waals surface area (Å²) in [6, 6.07) is 7.03. The number of carbonyl (C=O) groups is 2. The first-order valence-corrected chi connectivity index (χ1v) is 7.54. The highest BCUT2D eigenvalue weighted by molar-refractivity contribution is 6.30. The van der Waals surface area contributed by atoms with Gasteiger partial charge < -0.3 is 15.1 Å². The SMILES string of the molecule is CN(C)CCNCC(=O)N1CC(=O)N(c2ccc(Cl)cc2)C1. The molecule has 1 aliphatic rings. The van der Waals surface area contributed by atoms with Crippen molar-refractivity contribution in [3.05, 3.63) is 29.3 Å². The maximum Gasteiger partial charge on any atom is 0.248 e. The van der Waals surface area contributed by atoms with Crippen molar-refractivity contribution in [3.8, 4) is 0 Å². The molecule has 0 radical (unpaired) electrons. The zero-order valence-electron chi connectivity index (χ0n) is 12.9. The summed E-state index contributed by atoms with van der Waals surface area (Å²) in [7, 11) is 3.96.